The van der Waals surface area contributed by atoms with Crippen LogP contribution in [0.25, 0.3) is 0 Å². The molecule has 1 unspecified atom stereocenters. The molecule has 2 aliphatic rings. The Morgan fingerprint density at radius 2 is 2.00 bits per heavy atom. The van der Waals surface area contributed by atoms with Gasteiger partial charge < -0.3 is 4.90 Å². The van der Waals surface area contributed by atoms with Crippen molar-refractivity contribution < 1.29 is 18.0 Å². The van der Waals surface area contributed by atoms with E-state index in [0.29, 0.717) is 37.6 Å². The summed E-state index contributed by atoms with van der Waals surface area (Å²) < 4.78 is 25.3. The fourth-order valence-electron chi connectivity index (χ4n) is 3.51. The Labute approximate surface area is 163 Å². The first-order chi connectivity index (χ1) is 12.8. The Bertz CT molecular complexity index is 801. The summed E-state index contributed by atoms with van der Waals surface area (Å²) >= 11 is 1.41. The number of rotatable bonds is 6. The number of anilines is 1. The van der Waals surface area contributed by atoms with Crippen molar-refractivity contribution in [2.24, 2.45) is 5.92 Å². The van der Waals surface area contributed by atoms with Crippen LogP contribution in [0.1, 0.15) is 37.6 Å². The zero-order valence-electron chi connectivity index (χ0n) is 15.5. The van der Waals surface area contributed by atoms with Gasteiger partial charge in [-0.15, -0.1) is 10.2 Å². The number of hydrogen-bond acceptors (Lipinski definition) is 7. The first-order valence-corrected chi connectivity index (χ1v) is 11.9. The van der Waals surface area contributed by atoms with Crippen molar-refractivity contribution in [3.63, 3.8) is 0 Å². The van der Waals surface area contributed by atoms with Crippen molar-refractivity contribution in [2.75, 3.05) is 30.8 Å². The van der Waals surface area contributed by atoms with Gasteiger partial charge in [0.2, 0.25) is 27.0 Å². The first-order valence-electron chi connectivity index (χ1n) is 9.15. The molecule has 0 bridgehead atoms. The summed E-state index contributed by atoms with van der Waals surface area (Å²) in [4.78, 5) is 28.5. The molecule has 2 fully saturated rings. The highest BCUT2D eigenvalue weighted by Gasteiger charge is 2.39. The maximum atomic E-state index is 12.8. The molecule has 2 saturated heterocycles. The van der Waals surface area contributed by atoms with Crippen LogP contribution in [0.5, 0.6) is 0 Å². The number of hydrogen-bond donors (Lipinski definition) is 1. The van der Waals surface area contributed by atoms with Crippen LogP contribution in [0, 0.1) is 5.92 Å². The smallest absolute Gasteiger partial charge is 0.229 e. The van der Waals surface area contributed by atoms with E-state index < -0.39 is 10.0 Å². The first kappa shape index (κ1) is 20.2. The number of amides is 2. The molecule has 150 valence electrons. The summed E-state index contributed by atoms with van der Waals surface area (Å²) in [5.41, 5.74) is 0. The fourth-order valence-corrected chi connectivity index (χ4v) is 5.31. The number of nitrogens with one attached hydrogen (secondary N) is 1. The SMILES string of the molecule is CCCc1nnc(N2CC(C(=O)N3CCC(NS(C)(=O)=O)CC3)CC2=O)s1. The third-order valence-electron chi connectivity index (χ3n) is 4.81. The molecule has 0 radical (unpaired) electrons. The number of likely N-dealkylation sites (tertiary alicyclic amines) is 1. The Kier molecular flexibility index (Phi) is 6.11. The zero-order valence-corrected chi connectivity index (χ0v) is 17.2. The van der Waals surface area contributed by atoms with E-state index in [2.05, 4.69) is 21.8 Å². The molecule has 2 aliphatic heterocycles. The number of carbonyl (C=O) groups excluding carboxylic acids is 2. The molecule has 27 heavy (non-hydrogen) atoms. The molecule has 3 heterocycles. The van der Waals surface area contributed by atoms with Gasteiger partial charge in [-0.05, 0) is 19.3 Å². The Morgan fingerprint density at radius 1 is 1.30 bits per heavy atom. The van der Waals surface area contributed by atoms with E-state index in [-0.39, 0.29) is 30.2 Å². The number of piperidine rings is 1. The van der Waals surface area contributed by atoms with Crippen molar-refractivity contribution in [3.8, 4) is 0 Å². The Morgan fingerprint density at radius 3 is 2.63 bits per heavy atom. The third-order valence-corrected chi connectivity index (χ3v) is 6.58. The van der Waals surface area contributed by atoms with Gasteiger partial charge in [0.25, 0.3) is 0 Å². The molecule has 11 heteroatoms. The maximum Gasteiger partial charge on any atom is 0.229 e. The lowest BCUT2D eigenvalue weighted by Crippen LogP contribution is -2.48. The topological polar surface area (TPSA) is 113 Å². The molecular formula is C16H25N5O4S2. The maximum absolute atomic E-state index is 12.8. The fraction of sp³-hybridized carbons (Fsp3) is 0.750. The molecular weight excluding hydrogens is 390 g/mol. The predicted molar refractivity (Wildman–Crippen MR) is 102 cm³/mol. The molecule has 2 amide bonds. The van der Waals surface area contributed by atoms with Gasteiger partial charge in [0.05, 0.1) is 12.2 Å². The van der Waals surface area contributed by atoms with E-state index in [0.717, 1.165) is 24.1 Å². The molecule has 9 nitrogen and oxygen atoms in total. The monoisotopic (exact) mass is 415 g/mol. The molecule has 3 rings (SSSR count). The van der Waals surface area contributed by atoms with Crippen LogP contribution < -0.4 is 9.62 Å². The second-order valence-electron chi connectivity index (χ2n) is 7.12. The van der Waals surface area contributed by atoms with E-state index in [9.17, 15) is 18.0 Å². The van der Waals surface area contributed by atoms with E-state index >= 15 is 0 Å². The molecule has 0 aromatic carbocycles. The lowest BCUT2D eigenvalue weighted by atomic mass is 10.0. The second kappa shape index (κ2) is 8.19. The highest BCUT2D eigenvalue weighted by molar-refractivity contribution is 7.88. The molecule has 0 aliphatic carbocycles. The van der Waals surface area contributed by atoms with Crippen LogP contribution in [-0.4, -0.2) is 67.3 Å². The van der Waals surface area contributed by atoms with E-state index in [4.69, 9.17) is 0 Å². The second-order valence-corrected chi connectivity index (χ2v) is 9.94. The highest BCUT2D eigenvalue weighted by atomic mass is 32.2. The van der Waals surface area contributed by atoms with Crippen molar-refractivity contribution in [1.82, 2.24) is 19.8 Å². The van der Waals surface area contributed by atoms with E-state index in [1.807, 2.05) is 0 Å². The number of aryl methyl sites for hydroxylation is 1. The van der Waals surface area contributed by atoms with Gasteiger partial charge in [-0.2, -0.15) is 0 Å². The van der Waals surface area contributed by atoms with E-state index in [1.54, 1.807) is 9.80 Å². The van der Waals surface area contributed by atoms with Gasteiger partial charge in [0.1, 0.15) is 5.01 Å². The van der Waals surface area contributed by atoms with Crippen LogP contribution in [-0.2, 0) is 26.0 Å². The third kappa shape index (κ3) is 5.02. The molecule has 0 spiro atoms. The summed E-state index contributed by atoms with van der Waals surface area (Å²) in [6, 6.07) is -0.135. The minimum absolute atomic E-state index is 0.0399. The van der Waals surface area contributed by atoms with Gasteiger partial charge in [-0.3, -0.25) is 14.5 Å². The standard InChI is InChI=1S/C16H25N5O4S2/c1-3-4-13-17-18-16(26-13)21-10-11(9-14(21)22)15(23)20-7-5-12(6-8-20)19-27(2,24)25/h11-12,19H,3-10H2,1-2H3. The van der Waals surface area contributed by atoms with Crippen molar-refractivity contribution in [3.05, 3.63) is 5.01 Å². The van der Waals surface area contributed by atoms with Crippen LogP contribution in [0.15, 0.2) is 0 Å². The minimum Gasteiger partial charge on any atom is -0.342 e. The summed E-state index contributed by atoms with van der Waals surface area (Å²) in [5, 5.41) is 9.67. The highest BCUT2D eigenvalue weighted by Crippen LogP contribution is 2.29. The van der Waals surface area contributed by atoms with Gasteiger partial charge >= 0.3 is 0 Å². The van der Waals surface area contributed by atoms with Gasteiger partial charge in [0, 0.05) is 38.5 Å². The number of sulfonamides is 1. The lowest BCUT2D eigenvalue weighted by molar-refractivity contribution is -0.136. The van der Waals surface area contributed by atoms with Gasteiger partial charge in [0.15, 0.2) is 0 Å². The molecule has 1 N–H and O–H groups in total. The van der Waals surface area contributed by atoms with Crippen LogP contribution >= 0.6 is 11.3 Å². The lowest BCUT2D eigenvalue weighted by Gasteiger charge is -2.33. The molecule has 1 atom stereocenters. The van der Waals surface area contributed by atoms with Crippen molar-refractivity contribution >= 4 is 38.3 Å². The predicted octanol–water partition coefficient (Wildman–Crippen LogP) is 0.384. The summed E-state index contributed by atoms with van der Waals surface area (Å²) in [6.07, 6.45) is 4.29. The van der Waals surface area contributed by atoms with Gasteiger partial charge in [-0.1, -0.05) is 18.3 Å². The zero-order chi connectivity index (χ0) is 19.6. The largest absolute Gasteiger partial charge is 0.342 e. The summed E-state index contributed by atoms with van der Waals surface area (Å²) in [7, 11) is -3.24. The van der Waals surface area contributed by atoms with Crippen molar-refractivity contribution in [1.29, 1.82) is 0 Å². The Hall–Kier alpha value is -1.59. The number of carbonyl (C=O) groups is 2. The average Bonchev–Trinajstić information content (AvgIpc) is 3.20. The number of nitrogens with zero attached hydrogens (tertiary/aromatic N) is 4. The molecule has 1 aromatic rings. The number of aromatic nitrogens is 2. The Balaban J connectivity index is 1.56. The normalized spacial score (nSPS) is 21.9. The van der Waals surface area contributed by atoms with Gasteiger partial charge in [-0.25, -0.2) is 13.1 Å². The van der Waals surface area contributed by atoms with E-state index in [1.165, 1.54) is 11.3 Å². The molecule has 0 saturated carbocycles. The van der Waals surface area contributed by atoms with Crippen molar-refractivity contribution in [2.45, 2.75) is 45.1 Å². The molecule has 1 aromatic heterocycles. The van der Waals surface area contributed by atoms with Crippen LogP contribution in [0.4, 0.5) is 5.13 Å². The van der Waals surface area contributed by atoms with Crippen LogP contribution in [0.3, 0.4) is 0 Å². The average molecular weight is 416 g/mol. The van der Waals surface area contributed by atoms with Crippen LogP contribution in [0.2, 0.25) is 0 Å². The summed E-state index contributed by atoms with van der Waals surface area (Å²) in [5.74, 6) is -0.515. The summed E-state index contributed by atoms with van der Waals surface area (Å²) in [6.45, 7) is 3.39. The minimum atomic E-state index is -3.24. The quantitative estimate of drug-likeness (QED) is 0.719.